The summed E-state index contributed by atoms with van der Waals surface area (Å²) >= 11 is 0. The lowest BCUT2D eigenvalue weighted by atomic mass is 9.92. The maximum atomic E-state index is 13.3. The van der Waals surface area contributed by atoms with Gasteiger partial charge in [0.15, 0.2) is 6.79 Å². The fourth-order valence-corrected chi connectivity index (χ4v) is 3.03. The molecule has 148 valence electrons. The Morgan fingerprint density at radius 2 is 1.70 bits per heavy atom. The number of hydrogen-bond donors (Lipinski definition) is 0. The fraction of sp³-hybridized carbons (Fsp3) is 0.524. The molecule has 0 spiro atoms. The number of carbonyl (C=O) groups is 2. The molecule has 6 heteroatoms. The third kappa shape index (κ3) is 3.92. The van der Waals surface area contributed by atoms with Crippen molar-refractivity contribution in [3.05, 3.63) is 40.6 Å². The van der Waals surface area contributed by atoms with Gasteiger partial charge in [0, 0.05) is 7.11 Å². The Morgan fingerprint density at radius 1 is 1.15 bits per heavy atom. The van der Waals surface area contributed by atoms with Crippen molar-refractivity contribution in [3.8, 4) is 0 Å². The van der Waals surface area contributed by atoms with Crippen molar-refractivity contribution in [2.24, 2.45) is 5.41 Å². The number of methoxy groups -OCH3 is 1. The molecule has 0 fully saturated rings. The van der Waals surface area contributed by atoms with Crippen LogP contribution in [0, 0.1) is 19.3 Å². The van der Waals surface area contributed by atoms with E-state index in [9.17, 15) is 9.59 Å². The Hall–Kier alpha value is -2.18. The van der Waals surface area contributed by atoms with Gasteiger partial charge in [0.05, 0.1) is 11.0 Å². The number of aryl methyl sites for hydroxylation is 2. The number of hydrogen-bond acceptors (Lipinski definition) is 5. The van der Waals surface area contributed by atoms with E-state index in [-0.39, 0.29) is 12.7 Å². The lowest BCUT2D eigenvalue weighted by molar-refractivity contribution is -0.239. The number of benzene rings is 1. The van der Waals surface area contributed by atoms with Gasteiger partial charge < -0.3 is 9.47 Å². The monoisotopic (exact) mass is 375 g/mol. The van der Waals surface area contributed by atoms with E-state index < -0.39 is 16.9 Å². The second-order valence-corrected chi connectivity index (χ2v) is 8.30. The molecular formula is C21H29NO5. The van der Waals surface area contributed by atoms with Crippen LogP contribution in [-0.2, 0) is 23.9 Å². The van der Waals surface area contributed by atoms with Crippen molar-refractivity contribution in [1.82, 2.24) is 5.06 Å². The van der Waals surface area contributed by atoms with E-state index in [4.69, 9.17) is 14.3 Å². The molecule has 0 saturated carbocycles. The zero-order valence-electron chi connectivity index (χ0n) is 17.4. The second kappa shape index (κ2) is 7.44. The number of rotatable bonds is 5. The van der Waals surface area contributed by atoms with Crippen molar-refractivity contribution in [1.29, 1.82) is 0 Å². The molecule has 0 atom stereocenters. The van der Waals surface area contributed by atoms with Crippen LogP contribution >= 0.6 is 0 Å². The average Bonchev–Trinajstić information content (AvgIpc) is 2.72. The van der Waals surface area contributed by atoms with Crippen LogP contribution in [0.25, 0.3) is 5.57 Å². The Kier molecular flexibility index (Phi) is 5.82. The Balaban J connectivity index is 2.67. The molecule has 27 heavy (non-hydrogen) atoms. The molecule has 1 aromatic rings. The molecule has 2 rings (SSSR count). The van der Waals surface area contributed by atoms with Gasteiger partial charge in [-0.1, -0.05) is 18.2 Å². The van der Waals surface area contributed by atoms with Gasteiger partial charge in [-0.15, -0.1) is 0 Å². The average molecular weight is 375 g/mol. The van der Waals surface area contributed by atoms with E-state index in [1.807, 2.05) is 32.0 Å². The summed E-state index contributed by atoms with van der Waals surface area (Å²) < 4.78 is 10.8. The van der Waals surface area contributed by atoms with Crippen molar-refractivity contribution in [2.75, 3.05) is 13.9 Å². The van der Waals surface area contributed by atoms with Crippen LogP contribution < -0.4 is 0 Å². The summed E-state index contributed by atoms with van der Waals surface area (Å²) in [5, 5.41) is 1.23. The largest absolute Gasteiger partial charge is 0.427 e. The Labute approximate surface area is 161 Å². The molecule has 0 unspecified atom stereocenters. The van der Waals surface area contributed by atoms with E-state index >= 15 is 0 Å². The molecule has 0 aromatic heterocycles. The first-order valence-corrected chi connectivity index (χ1v) is 8.93. The van der Waals surface area contributed by atoms with Gasteiger partial charge in [0.1, 0.15) is 11.3 Å². The van der Waals surface area contributed by atoms with Crippen LogP contribution in [-0.4, -0.2) is 36.4 Å². The summed E-state index contributed by atoms with van der Waals surface area (Å²) in [5.41, 5.74) is 1.28. The zero-order chi connectivity index (χ0) is 20.6. The molecule has 6 nitrogen and oxygen atoms in total. The maximum absolute atomic E-state index is 13.3. The Bertz CT molecular complexity index is 766. The summed E-state index contributed by atoms with van der Waals surface area (Å²) in [6.07, 6.45) is 0. The number of hydroxylamine groups is 2. The normalized spacial score (nSPS) is 16.9. The molecule has 0 N–H and O–H groups in total. The fourth-order valence-electron chi connectivity index (χ4n) is 3.03. The highest BCUT2D eigenvalue weighted by atomic mass is 16.8. The summed E-state index contributed by atoms with van der Waals surface area (Å²) in [4.78, 5) is 31.4. The van der Waals surface area contributed by atoms with Gasteiger partial charge in [-0.25, -0.2) is 9.90 Å². The van der Waals surface area contributed by atoms with E-state index in [0.717, 1.165) is 16.7 Å². The highest BCUT2D eigenvalue weighted by Crippen LogP contribution is 2.43. The molecule has 0 radical (unpaired) electrons. The lowest BCUT2D eigenvalue weighted by Gasteiger charge is -2.32. The highest BCUT2D eigenvalue weighted by molar-refractivity contribution is 6.23. The van der Waals surface area contributed by atoms with Gasteiger partial charge in [0.2, 0.25) is 0 Å². The van der Waals surface area contributed by atoms with Crippen molar-refractivity contribution >= 4 is 17.4 Å². The number of ether oxygens (including phenoxy) is 2. The predicted molar refractivity (Wildman–Crippen MR) is 102 cm³/mol. The molecule has 0 bridgehead atoms. The number of carbonyl (C=O) groups excluding carboxylic acids is 2. The van der Waals surface area contributed by atoms with Crippen LogP contribution in [0.3, 0.4) is 0 Å². The minimum Gasteiger partial charge on any atom is -0.427 e. The van der Waals surface area contributed by atoms with Crippen LogP contribution in [0.1, 0.15) is 51.3 Å². The zero-order valence-corrected chi connectivity index (χ0v) is 17.4. The van der Waals surface area contributed by atoms with E-state index in [2.05, 4.69) is 0 Å². The standard InChI is InChI=1S/C21H29NO5/c1-13-10-9-11-14(2)15(13)16-17(27-19(24)20(3,4)5)21(6,7)22(18(16)23)26-12-25-8/h9-11H,12H2,1-8H3. The maximum Gasteiger partial charge on any atom is 0.316 e. The van der Waals surface area contributed by atoms with Crippen molar-refractivity contribution < 1.29 is 23.9 Å². The lowest BCUT2D eigenvalue weighted by Crippen LogP contribution is -2.45. The molecule has 1 aliphatic heterocycles. The second-order valence-electron chi connectivity index (χ2n) is 8.30. The number of nitrogens with zero attached hydrogens (tertiary/aromatic N) is 1. The molecular weight excluding hydrogens is 346 g/mol. The van der Waals surface area contributed by atoms with Crippen LogP contribution in [0.2, 0.25) is 0 Å². The Morgan fingerprint density at radius 3 is 2.19 bits per heavy atom. The SMILES string of the molecule is COCON1C(=O)C(c2c(C)cccc2C)=C(OC(=O)C(C)(C)C)C1(C)C. The van der Waals surface area contributed by atoms with Crippen LogP contribution in [0.15, 0.2) is 24.0 Å². The first kappa shape index (κ1) is 21.1. The molecule has 1 aliphatic rings. The smallest absolute Gasteiger partial charge is 0.316 e. The number of amides is 1. The topological polar surface area (TPSA) is 65.1 Å². The van der Waals surface area contributed by atoms with Gasteiger partial charge in [-0.2, -0.15) is 0 Å². The quantitative estimate of drug-likeness (QED) is 0.579. The van der Waals surface area contributed by atoms with Crippen LogP contribution in [0.5, 0.6) is 0 Å². The summed E-state index contributed by atoms with van der Waals surface area (Å²) in [6, 6.07) is 5.79. The third-order valence-electron chi connectivity index (χ3n) is 4.53. The predicted octanol–water partition coefficient (Wildman–Crippen LogP) is 3.76. The van der Waals surface area contributed by atoms with E-state index in [0.29, 0.717) is 11.3 Å². The van der Waals surface area contributed by atoms with Crippen molar-refractivity contribution in [3.63, 3.8) is 0 Å². The molecule has 1 aromatic carbocycles. The molecule has 1 heterocycles. The minimum atomic E-state index is -0.972. The van der Waals surface area contributed by atoms with Gasteiger partial charge in [0.25, 0.3) is 5.91 Å². The molecule has 1 amide bonds. The summed E-state index contributed by atoms with van der Waals surface area (Å²) in [6.45, 7) is 12.7. The van der Waals surface area contributed by atoms with Crippen molar-refractivity contribution in [2.45, 2.75) is 54.0 Å². The molecule has 0 aliphatic carbocycles. The van der Waals surface area contributed by atoms with Gasteiger partial charge >= 0.3 is 5.97 Å². The van der Waals surface area contributed by atoms with E-state index in [1.54, 1.807) is 34.6 Å². The summed E-state index contributed by atoms with van der Waals surface area (Å²) in [5.74, 6) is -0.470. The minimum absolute atomic E-state index is 0.0876. The third-order valence-corrected chi connectivity index (χ3v) is 4.53. The molecule has 0 saturated heterocycles. The first-order chi connectivity index (χ1) is 12.4. The van der Waals surface area contributed by atoms with Crippen LogP contribution in [0.4, 0.5) is 0 Å². The first-order valence-electron chi connectivity index (χ1n) is 8.93. The number of esters is 1. The van der Waals surface area contributed by atoms with Gasteiger partial charge in [-0.3, -0.25) is 9.59 Å². The highest BCUT2D eigenvalue weighted by Gasteiger charge is 2.50. The summed E-state index contributed by atoms with van der Waals surface area (Å²) in [7, 11) is 1.48. The van der Waals surface area contributed by atoms with Gasteiger partial charge in [-0.05, 0) is 65.2 Å². The van der Waals surface area contributed by atoms with E-state index in [1.165, 1.54) is 12.2 Å².